The Kier molecular flexibility index (Phi) is 3.44. The number of nitrogens with one attached hydrogen (secondary N) is 1. The summed E-state index contributed by atoms with van der Waals surface area (Å²) in [6.07, 6.45) is 5.08. The lowest BCUT2D eigenvalue weighted by Crippen LogP contribution is -2.34. The van der Waals surface area contributed by atoms with E-state index < -0.39 is 0 Å². The molecular weight excluding hydrogens is 210 g/mol. The van der Waals surface area contributed by atoms with Crippen LogP contribution < -0.4 is 5.32 Å². The lowest BCUT2D eigenvalue weighted by Gasteiger charge is -2.23. The third kappa shape index (κ3) is 3.08. The molecule has 1 heterocycles. The van der Waals surface area contributed by atoms with Crippen LogP contribution in [0.4, 0.5) is 0 Å². The molecule has 3 rings (SSSR count). The van der Waals surface area contributed by atoms with Crippen LogP contribution in [-0.2, 0) is 11.3 Å². The van der Waals surface area contributed by atoms with Gasteiger partial charge in [-0.25, -0.2) is 0 Å². The maximum atomic E-state index is 5.37. The van der Waals surface area contributed by atoms with Crippen molar-refractivity contribution in [3.63, 3.8) is 0 Å². The smallest absolute Gasteiger partial charge is 0.0480 e. The van der Waals surface area contributed by atoms with Gasteiger partial charge in [-0.1, -0.05) is 24.3 Å². The molecular formula is C15H21NO. The Morgan fingerprint density at radius 1 is 1.12 bits per heavy atom. The van der Waals surface area contributed by atoms with Gasteiger partial charge in [0.25, 0.3) is 0 Å². The van der Waals surface area contributed by atoms with E-state index in [-0.39, 0.29) is 0 Å². The molecule has 92 valence electrons. The highest BCUT2D eigenvalue weighted by Crippen LogP contribution is 2.40. The molecule has 1 N–H and O–H groups in total. The SMILES string of the molecule is c1cc(CNC2CCOCC2)cc(C2CC2)c1. The van der Waals surface area contributed by atoms with E-state index in [9.17, 15) is 0 Å². The Morgan fingerprint density at radius 2 is 1.94 bits per heavy atom. The van der Waals surface area contributed by atoms with Crippen LogP contribution in [0.15, 0.2) is 24.3 Å². The summed E-state index contributed by atoms with van der Waals surface area (Å²) in [6, 6.07) is 9.74. The molecule has 1 aliphatic carbocycles. The van der Waals surface area contributed by atoms with Gasteiger partial charge in [0, 0.05) is 25.8 Å². The van der Waals surface area contributed by atoms with Gasteiger partial charge >= 0.3 is 0 Å². The predicted molar refractivity (Wildman–Crippen MR) is 69.1 cm³/mol. The normalized spacial score (nSPS) is 21.6. The minimum atomic E-state index is 0.647. The van der Waals surface area contributed by atoms with E-state index in [1.54, 1.807) is 0 Å². The van der Waals surface area contributed by atoms with E-state index >= 15 is 0 Å². The van der Waals surface area contributed by atoms with Crippen molar-refractivity contribution in [1.82, 2.24) is 5.32 Å². The Balaban J connectivity index is 1.54. The third-order valence-corrected chi connectivity index (χ3v) is 3.82. The number of hydrogen-bond acceptors (Lipinski definition) is 2. The van der Waals surface area contributed by atoms with Crippen molar-refractivity contribution in [3.8, 4) is 0 Å². The molecule has 0 unspecified atom stereocenters. The summed E-state index contributed by atoms with van der Waals surface area (Å²) in [5.74, 6) is 0.859. The predicted octanol–water partition coefficient (Wildman–Crippen LogP) is 2.83. The van der Waals surface area contributed by atoms with Gasteiger partial charge in [-0.05, 0) is 42.7 Å². The monoisotopic (exact) mass is 231 g/mol. The van der Waals surface area contributed by atoms with Crippen LogP contribution in [0.2, 0.25) is 0 Å². The summed E-state index contributed by atoms with van der Waals surface area (Å²) < 4.78 is 5.37. The lowest BCUT2D eigenvalue weighted by atomic mass is 10.1. The first-order chi connectivity index (χ1) is 8.42. The molecule has 2 fully saturated rings. The van der Waals surface area contributed by atoms with Crippen LogP contribution >= 0.6 is 0 Å². The van der Waals surface area contributed by atoms with Crippen molar-refractivity contribution >= 4 is 0 Å². The Morgan fingerprint density at radius 3 is 2.71 bits per heavy atom. The zero-order valence-corrected chi connectivity index (χ0v) is 10.3. The molecule has 0 amide bonds. The molecule has 2 aliphatic rings. The summed E-state index contributed by atoms with van der Waals surface area (Å²) in [5.41, 5.74) is 2.97. The molecule has 2 nitrogen and oxygen atoms in total. The summed E-state index contributed by atoms with van der Waals surface area (Å²) in [4.78, 5) is 0. The van der Waals surface area contributed by atoms with Crippen LogP contribution in [0.5, 0.6) is 0 Å². The van der Waals surface area contributed by atoms with E-state index in [1.807, 2.05) is 0 Å². The first-order valence-electron chi connectivity index (χ1n) is 6.82. The molecule has 17 heavy (non-hydrogen) atoms. The van der Waals surface area contributed by atoms with Gasteiger partial charge in [0.1, 0.15) is 0 Å². The zero-order valence-electron chi connectivity index (χ0n) is 10.3. The molecule has 0 atom stereocenters. The largest absolute Gasteiger partial charge is 0.381 e. The Labute approximate surface area is 103 Å². The summed E-state index contributed by atoms with van der Waals surface area (Å²) in [5, 5.41) is 3.64. The molecule has 0 aromatic heterocycles. The first kappa shape index (κ1) is 11.2. The molecule has 1 aromatic rings. The number of rotatable bonds is 4. The molecule has 1 aromatic carbocycles. The van der Waals surface area contributed by atoms with Crippen LogP contribution in [0.1, 0.15) is 42.7 Å². The third-order valence-electron chi connectivity index (χ3n) is 3.82. The van der Waals surface area contributed by atoms with Gasteiger partial charge in [-0.2, -0.15) is 0 Å². The fourth-order valence-corrected chi connectivity index (χ4v) is 2.54. The molecule has 1 saturated heterocycles. The molecule has 0 radical (unpaired) electrons. The second-order valence-electron chi connectivity index (χ2n) is 5.29. The van der Waals surface area contributed by atoms with Gasteiger partial charge in [0.05, 0.1) is 0 Å². The Bertz CT molecular complexity index is 367. The van der Waals surface area contributed by atoms with Crippen molar-refractivity contribution in [3.05, 3.63) is 35.4 Å². The van der Waals surface area contributed by atoms with Crippen LogP contribution in [0.25, 0.3) is 0 Å². The number of benzene rings is 1. The van der Waals surface area contributed by atoms with Crippen molar-refractivity contribution in [2.24, 2.45) is 0 Å². The van der Waals surface area contributed by atoms with Crippen molar-refractivity contribution in [2.75, 3.05) is 13.2 Å². The Hall–Kier alpha value is -0.860. The van der Waals surface area contributed by atoms with E-state index in [4.69, 9.17) is 4.74 Å². The molecule has 1 aliphatic heterocycles. The zero-order chi connectivity index (χ0) is 11.5. The van der Waals surface area contributed by atoms with Gasteiger partial charge < -0.3 is 10.1 Å². The number of hydrogen-bond donors (Lipinski definition) is 1. The second-order valence-corrected chi connectivity index (χ2v) is 5.29. The van der Waals surface area contributed by atoms with Crippen LogP contribution in [0, 0.1) is 0 Å². The second kappa shape index (κ2) is 5.19. The van der Waals surface area contributed by atoms with Crippen molar-refractivity contribution < 1.29 is 4.74 Å². The van der Waals surface area contributed by atoms with Gasteiger partial charge in [-0.3, -0.25) is 0 Å². The molecule has 0 spiro atoms. The first-order valence-corrected chi connectivity index (χ1v) is 6.82. The van der Waals surface area contributed by atoms with Crippen LogP contribution in [-0.4, -0.2) is 19.3 Å². The highest BCUT2D eigenvalue weighted by atomic mass is 16.5. The summed E-state index contributed by atoms with van der Waals surface area (Å²) in [6.45, 7) is 2.84. The molecule has 1 saturated carbocycles. The minimum Gasteiger partial charge on any atom is -0.381 e. The quantitative estimate of drug-likeness (QED) is 0.860. The fourth-order valence-electron chi connectivity index (χ4n) is 2.54. The average Bonchev–Trinajstić information content (AvgIpc) is 3.22. The van der Waals surface area contributed by atoms with Gasteiger partial charge in [0.2, 0.25) is 0 Å². The van der Waals surface area contributed by atoms with Gasteiger partial charge in [0.15, 0.2) is 0 Å². The fraction of sp³-hybridized carbons (Fsp3) is 0.600. The topological polar surface area (TPSA) is 21.3 Å². The van der Waals surface area contributed by atoms with Crippen molar-refractivity contribution in [2.45, 2.75) is 44.2 Å². The van der Waals surface area contributed by atoms with E-state index in [2.05, 4.69) is 29.6 Å². The maximum Gasteiger partial charge on any atom is 0.0480 e. The highest BCUT2D eigenvalue weighted by molar-refractivity contribution is 5.29. The minimum absolute atomic E-state index is 0.647. The summed E-state index contributed by atoms with van der Waals surface area (Å²) >= 11 is 0. The van der Waals surface area contributed by atoms with E-state index in [0.717, 1.165) is 38.5 Å². The molecule has 0 bridgehead atoms. The lowest BCUT2D eigenvalue weighted by molar-refractivity contribution is 0.0776. The van der Waals surface area contributed by atoms with Gasteiger partial charge in [-0.15, -0.1) is 0 Å². The van der Waals surface area contributed by atoms with Crippen LogP contribution in [0.3, 0.4) is 0 Å². The standard InChI is InChI=1S/C15H21NO/c1-2-12(10-14(3-1)13-4-5-13)11-16-15-6-8-17-9-7-15/h1-3,10,13,15-16H,4-9,11H2. The summed E-state index contributed by atoms with van der Waals surface area (Å²) in [7, 11) is 0. The van der Waals surface area contributed by atoms with E-state index in [1.165, 1.54) is 24.0 Å². The maximum absolute atomic E-state index is 5.37. The average molecular weight is 231 g/mol. The molecule has 2 heteroatoms. The number of ether oxygens (including phenoxy) is 1. The van der Waals surface area contributed by atoms with Crippen molar-refractivity contribution in [1.29, 1.82) is 0 Å². The van der Waals surface area contributed by atoms with E-state index in [0.29, 0.717) is 6.04 Å². The highest BCUT2D eigenvalue weighted by Gasteiger charge is 2.23.